The lowest BCUT2D eigenvalue weighted by atomic mass is 9.79. The summed E-state index contributed by atoms with van der Waals surface area (Å²) < 4.78 is 32.6. The Morgan fingerprint density at radius 1 is 0.861 bits per heavy atom. The van der Waals surface area contributed by atoms with Gasteiger partial charge >= 0.3 is 0 Å². The third-order valence-corrected chi connectivity index (χ3v) is 8.30. The zero-order valence-electron chi connectivity index (χ0n) is 21.3. The largest absolute Gasteiger partial charge is 0.497 e. The summed E-state index contributed by atoms with van der Waals surface area (Å²) in [6.45, 7) is 5.80. The molecule has 36 heavy (non-hydrogen) atoms. The Kier molecular flexibility index (Phi) is 5.59. The van der Waals surface area contributed by atoms with Gasteiger partial charge < -0.3 is 14.2 Å². The monoisotopic (exact) mass is 484 g/mol. The molecule has 1 fully saturated rings. The number of hydrogen-bond donors (Lipinski definition) is 0. The maximum atomic E-state index is 15.0. The Labute approximate surface area is 212 Å². The van der Waals surface area contributed by atoms with Crippen LogP contribution in [0.15, 0.2) is 60.7 Å². The van der Waals surface area contributed by atoms with Gasteiger partial charge in [0.15, 0.2) is 0 Å². The van der Waals surface area contributed by atoms with Gasteiger partial charge in [0, 0.05) is 16.5 Å². The standard InChI is InChI=1S/C32H33FO3/c1-31(2)12-4-5-27(31)25-17-21(6-9-24(25)26-18-22(34-3)7-10-29(26)33)20-36-23-8-11-30-28(19-23)32(13-14-32)15-16-35-30/h5-11,17-19H,4,12-16,20H2,1-3H3. The van der Waals surface area contributed by atoms with Gasteiger partial charge in [0.05, 0.1) is 13.7 Å². The van der Waals surface area contributed by atoms with Crippen molar-refractivity contribution in [3.05, 3.63) is 83.2 Å². The predicted octanol–water partition coefficient (Wildman–Crippen LogP) is 8.10. The average Bonchev–Trinajstić information content (AvgIpc) is 3.56. The third kappa shape index (κ3) is 4.07. The van der Waals surface area contributed by atoms with E-state index < -0.39 is 0 Å². The van der Waals surface area contributed by atoms with Crippen LogP contribution in [0.3, 0.4) is 0 Å². The molecule has 3 aliphatic rings. The van der Waals surface area contributed by atoms with Crippen molar-refractivity contribution in [2.75, 3.05) is 13.7 Å². The Morgan fingerprint density at radius 3 is 2.44 bits per heavy atom. The first-order valence-electron chi connectivity index (χ1n) is 13.0. The second-order valence-electron chi connectivity index (χ2n) is 11.1. The van der Waals surface area contributed by atoms with E-state index in [9.17, 15) is 0 Å². The maximum Gasteiger partial charge on any atom is 0.131 e. The van der Waals surface area contributed by atoms with E-state index in [1.54, 1.807) is 19.2 Å². The van der Waals surface area contributed by atoms with Gasteiger partial charge in [-0.1, -0.05) is 32.1 Å². The Bertz CT molecular complexity index is 1350. The van der Waals surface area contributed by atoms with Crippen LogP contribution in [-0.4, -0.2) is 13.7 Å². The van der Waals surface area contributed by atoms with E-state index in [4.69, 9.17) is 14.2 Å². The van der Waals surface area contributed by atoms with Crippen molar-refractivity contribution in [2.24, 2.45) is 5.41 Å². The number of halogens is 1. The molecule has 4 heteroatoms. The Balaban J connectivity index is 1.33. The molecule has 3 nitrogen and oxygen atoms in total. The topological polar surface area (TPSA) is 27.7 Å². The van der Waals surface area contributed by atoms with Crippen molar-refractivity contribution in [2.45, 2.75) is 58.0 Å². The lowest BCUT2D eigenvalue weighted by molar-refractivity contribution is 0.257. The van der Waals surface area contributed by atoms with Gasteiger partial charge in [0.1, 0.15) is 29.7 Å². The fourth-order valence-electron chi connectivity index (χ4n) is 5.91. The van der Waals surface area contributed by atoms with Gasteiger partial charge in [-0.2, -0.15) is 0 Å². The van der Waals surface area contributed by atoms with E-state index in [1.807, 2.05) is 18.2 Å². The zero-order chi connectivity index (χ0) is 24.9. The number of ether oxygens (including phenoxy) is 3. The molecule has 0 aromatic heterocycles. The van der Waals surface area contributed by atoms with Crippen molar-refractivity contribution >= 4 is 5.57 Å². The normalized spacial score (nSPS) is 18.8. The van der Waals surface area contributed by atoms with Gasteiger partial charge in [-0.15, -0.1) is 0 Å². The smallest absolute Gasteiger partial charge is 0.131 e. The number of benzene rings is 3. The van der Waals surface area contributed by atoms with Crippen LogP contribution in [0.1, 0.15) is 62.6 Å². The van der Waals surface area contributed by atoms with Crippen molar-refractivity contribution in [3.8, 4) is 28.4 Å². The van der Waals surface area contributed by atoms with E-state index in [1.165, 1.54) is 30.0 Å². The molecule has 186 valence electrons. The quantitative estimate of drug-likeness (QED) is 0.354. The minimum atomic E-state index is -0.247. The lowest BCUT2D eigenvalue weighted by Crippen LogP contribution is -2.19. The van der Waals surface area contributed by atoms with Crippen LogP contribution >= 0.6 is 0 Å². The molecule has 0 bridgehead atoms. The summed E-state index contributed by atoms with van der Waals surface area (Å²) in [6, 6.07) is 17.4. The highest BCUT2D eigenvalue weighted by Gasteiger charge is 2.47. The fourth-order valence-corrected chi connectivity index (χ4v) is 5.91. The van der Waals surface area contributed by atoms with Crippen LogP contribution in [0.4, 0.5) is 4.39 Å². The summed E-state index contributed by atoms with van der Waals surface area (Å²) in [7, 11) is 1.61. The molecule has 6 rings (SSSR count). The minimum Gasteiger partial charge on any atom is -0.497 e. The van der Waals surface area contributed by atoms with E-state index in [0.29, 0.717) is 23.3 Å². The molecule has 1 aliphatic heterocycles. The molecule has 1 heterocycles. The lowest BCUT2D eigenvalue weighted by Gasteiger charge is -2.26. The fraction of sp³-hybridized carbons (Fsp3) is 0.375. The van der Waals surface area contributed by atoms with E-state index in [2.05, 4.69) is 38.1 Å². The van der Waals surface area contributed by atoms with Crippen LogP contribution in [0.25, 0.3) is 16.7 Å². The summed E-state index contributed by atoms with van der Waals surface area (Å²) in [6.07, 6.45) is 8.00. The molecular weight excluding hydrogens is 451 g/mol. The molecule has 1 saturated carbocycles. The number of fused-ring (bicyclic) bond motifs is 2. The third-order valence-electron chi connectivity index (χ3n) is 8.30. The van der Waals surface area contributed by atoms with E-state index in [0.717, 1.165) is 54.1 Å². The van der Waals surface area contributed by atoms with Gasteiger partial charge in [0.2, 0.25) is 0 Å². The molecule has 0 saturated heterocycles. The van der Waals surface area contributed by atoms with Crippen LogP contribution in [0.2, 0.25) is 0 Å². The van der Waals surface area contributed by atoms with E-state index in [-0.39, 0.29) is 11.2 Å². The molecular formula is C32H33FO3. The summed E-state index contributed by atoms with van der Waals surface area (Å²) in [5.41, 5.74) is 6.49. The maximum absolute atomic E-state index is 15.0. The molecule has 0 radical (unpaired) electrons. The molecule has 0 unspecified atom stereocenters. The van der Waals surface area contributed by atoms with Gasteiger partial charge in [-0.25, -0.2) is 4.39 Å². The van der Waals surface area contributed by atoms with Crippen molar-refractivity contribution in [1.82, 2.24) is 0 Å². The predicted molar refractivity (Wildman–Crippen MR) is 141 cm³/mol. The Hall–Kier alpha value is -3.27. The summed E-state index contributed by atoms with van der Waals surface area (Å²) in [5.74, 6) is 2.28. The van der Waals surface area contributed by atoms with Crippen molar-refractivity contribution in [3.63, 3.8) is 0 Å². The molecule has 3 aromatic carbocycles. The van der Waals surface area contributed by atoms with Crippen LogP contribution < -0.4 is 14.2 Å². The number of hydrogen-bond acceptors (Lipinski definition) is 3. The zero-order valence-corrected chi connectivity index (χ0v) is 21.3. The summed E-state index contributed by atoms with van der Waals surface area (Å²) in [5, 5.41) is 0. The molecule has 0 N–H and O–H groups in total. The van der Waals surface area contributed by atoms with E-state index >= 15 is 4.39 Å². The van der Waals surface area contributed by atoms with Crippen LogP contribution in [0, 0.1) is 11.2 Å². The van der Waals surface area contributed by atoms with Crippen molar-refractivity contribution in [1.29, 1.82) is 0 Å². The second-order valence-corrected chi connectivity index (χ2v) is 11.1. The Morgan fingerprint density at radius 2 is 1.69 bits per heavy atom. The first-order valence-corrected chi connectivity index (χ1v) is 13.0. The summed E-state index contributed by atoms with van der Waals surface area (Å²) >= 11 is 0. The SMILES string of the molecule is COc1ccc(F)c(-c2ccc(COc3ccc4c(c3)C3(CCO4)CC3)cc2C2=CCCC2(C)C)c1. The molecule has 0 atom stereocenters. The van der Waals surface area contributed by atoms with Crippen molar-refractivity contribution < 1.29 is 18.6 Å². The van der Waals surface area contributed by atoms with Gasteiger partial charge in [-0.3, -0.25) is 0 Å². The minimum absolute atomic E-state index is 0.0284. The van der Waals surface area contributed by atoms with Crippen LogP contribution in [0.5, 0.6) is 17.2 Å². The first kappa shape index (κ1) is 23.1. The first-order chi connectivity index (χ1) is 17.4. The number of rotatable bonds is 6. The highest BCUT2D eigenvalue weighted by Crippen LogP contribution is 2.56. The van der Waals surface area contributed by atoms with Gasteiger partial charge in [-0.05, 0) is 102 Å². The van der Waals surface area contributed by atoms with Crippen LogP contribution in [-0.2, 0) is 12.0 Å². The number of methoxy groups -OCH3 is 1. The second kappa shape index (κ2) is 8.69. The molecule has 1 spiro atoms. The average molecular weight is 485 g/mol. The van der Waals surface area contributed by atoms with Gasteiger partial charge in [0.25, 0.3) is 0 Å². The highest BCUT2D eigenvalue weighted by atomic mass is 19.1. The molecule has 3 aromatic rings. The molecule has 2 aliphatic carbocycles. The number of allylic oxidation sites excluding steroid dienone is 2. The highest BCUT2D eigenvalue weighted by molar-refractivity contribution is 5.85. The molecule has 0 amide bonds. The summed E-state index contributed by atoms with van der Waals surface area (Å²) in [4.78, 5) is 0.